The maximum atomic E-state index is 12.9. The Morgan fingerprint density at radius 2 is 2.14 bits per heavy atom. The molecule has 0 spiro atoms. The number of aliphatic hydroxyl groups excluding tert-OH is 1. The first-order valence-corrected chi connectivity index (χ1v) is 8.52. The molecule has 0 amide bonds. The Morgan fingerprint density at radius 3 is 2.71 bits per heavy atom. The lowest BCUT2D eigenvalue weighted by Crippen LogP contribution is -2.48. The van der Waals surface area contributed by atoms with Gasteiger partial charge in [-0.15, -0.1) is 0 Å². The van der Waals surface area contributed by atoms with E-state index in [-0.39, 0.29) is 10.9 Å². The Bertz CT molecular complexity index is 662. The number of rotatable bonds is 3. The van der Waals surface area contributed by atoms with Crippen LogP contribution in [0.25, 0.3) is 0 Å². The van der Waals surface area contributed by atoms with E-state index in [1.54, 1.807) is 19.9 Å². The van der Waals surface area contributed by atoms with Gasteiger partial charge in [0.15, 0.2) is 0 Å². The van der Waals surface area contributed by atoms with Gasteiger partial charge in [-0.05, 0) is 50.5 Å². The van der Waals surface area contributed by atoms with Crippen molar-refractivity contribution in [2.24, 2.45) is 0 Å². The van der Waals surface area contributed by atoms with Gasteiger partial charge >= 0.3 is 0 Å². The zero-order valence-corrected chi connectivity index (χ0v) is 13.1. The first kappa shape index (κ1) is 16.0. The Labute approximate surface area is 125 Å². The second kappa shape index (κ2) is 6.14. The van der Waals surface area contributed by atoms with Crippen LogP contribution in [0.2, 0.25) is 0 Å². The van der Waals surface area contributed by atoms with Crippen molar-refractivity contribution >= 4 is 10.0 Å². The Balaban J connectivity index is 2.43. The minimum atomic E-state index is -3.65. The number of hydrogen-bond donors (Lipinski definition) is 1. The number of nitriles is 1. The lowest BCUT2D eigenvalue weighted by Gasteiger charge is -2.36. The molecule has 114 valence electrons. The van der Waals surface area contributed by atoms with Crippen molar-refractivity contribution in [3.8, 4) is 6.07 Å². The highest BCUT2D eigenvalue weighted by Crippen LogP contribution is 2.29. The third kappa shape index (κ3) is 3.10. The Hall–Kier alpha value is -1.42. The van der Waals surface area contributed by atoms with Gasteiger partial charge in [-0.1, -0.05) is 6.42 Å². The molecule has 5 nitrogen and oxygen atoms in total. The maximum absolute atomic E-state index is 12.9. The van der Waals surface area contributed by atoms with Crippen LogP contribution < -0.4 is 0 Å². The highest BCUT2D eigenvalue weighted by atomic mass is 32.2. The number of sulfonamides is 1. The van der Waals surface area contributed by atoms with E-state index in [0.29, 0.717) is 24.1 Å². The minimum absolute atomic E-state index is 0.217. The van der Waals surface area contributed by atoms with Gasteiger partial charge < -0.3 is 5.11 Å². The standard InChI is InChI=1S/C15H20N2O3S/c1-11-9-13(10-16)6-7-15(11)21(19,20)17-8-4-3-5-14(17)12(2)18/h6-7,9,12,14,18H,3-5,8H2,1-2H3. The first-order chi connectivity index (χ1) is 9.87. The predicted molar refractivity (Wildman–Crippen MR) is 79.1 cm³/mol. The van der Waals surface area contributed by atoms with E-state index in [9.17, 15) is 13.5 Å². The minimum Gasteiger partial charge on any atom is -0.392 e. The van der Waals surface area contributed by atoms with Gasteiger partial charge in [0, 0.05) is 6.54 Å². The number of aliphatic hydroxyl groups is 1. The maximum Gasteiger partial charge on any atom is 0.243 e. The van der Waals surface area contributed by atoms with Crippen molar-refractivity contribution in [2.45, 2.75) is 50.2 Å². The summed E-state index contributed by atoms with van der Waals surface area (Å²) < 4.78 is 27.1. The lowest BCUT2D eigenvalue weighted by atomic mass is 10.0. The van der Waals surface area contributed by atoms with Crippen LogP contribution in [0, 0.1) is 18.3 Å². The molecule has 0 radical (unpaired) electrons. The fourth-order valence-corrected chi connectivity index (χ4v) is 4.81. The highest BCUT2D eigenvalue weighted by molar-refractivity contribution is 7.89. The predicted octanol–water partition coefficient (Wildman–Crippen LogP) is 1.79. The second-order valence-electron chi connectivity index (χ2n) is 5.51. The fraction of sp³-hybridized carbons (Fsp3) is 0.533. The van der Waals surface area contributed by atoms with Crippen LogP contribution in [0.1, 0.15) is 37.3 Å². The molecule has 0 bridgehead atoms. The second-order valence-corrected chi connectivity index (χ2v) is 7.37. The van der Waals surface area contributed by atoms with Gasteiger partial charge in [0.2, 0.25) is 10.0 Å². The summed E-state index contributed by atoms with van der Waals surface area (Å²) in [4.78, 5) is 0.217. The number of piperidine rings is 1. The molecule has 1 saturated heterocycles. The summed E-state index contributed by atoms with van der Waals surface area (Å²) in [7, 11) is -3.65. The summed E-state index contributed by atoms with van der Waals surface area (Å²) in [6.07, 6.45) is 1.71. The van der Waals surface area contributed by atoms with E-state index in [4.69, 9.17) is 5.26 Å². The van der Waals surface area contributed by atoms with Crippen LogP contribution in [0.3, 0.4) is 0 Å². The van der Waals surface area contributed by atoms with Crippen molar-refractivity contribution in [3.63, 3.8) is 0 Å². The van der Waals surface area contributed by atoms with E-state index in [1.165, 1.54) is 16.4 Å². The summed E-state index contributed by atoms with van der Waals surface area (Å²) >= 11 is 0. The van der Waals surface area contributed by atoms with Crippen molar-refractivity contribution < 1.29 is 13.5 Å². The quantitative estimate of drug-likeness (QED) is 0.923. The van der Waals surface area contributed by atoms with Crippen molar-refractivity contribution in [3.05, 3.63) is 29.3 Å². The van der Waals surface area contributed by atoms with Gasteiger partial charge in [0.1, 0.15) is 0 Å². The lowest BCUT2D eigenvalue weighted by molar-refractivity contribution is 0.0831. The van der Waals surface area contributed by atoms with E-state index in [2.05, 4.69) is 0 Å². The molecule has 0 saturated carbocycles. The zero-order valence-electron chi connectivity index (χ0n) is 12.3. The molecule has 6 heteroatoms. The summed E-state index contributed by atoms with van der Waals surface area (Å²) in [5.74, 6) is 0. The molecule has 2 unspecified atom stereocenters. The topological polar surface area (TPSA) is 81.4 Å². The SMILES string of the molecule is Cc1cc(C#N)ccc1S(=O)(=O)N1CCCCC1C(C)O. The van der Waals surface area contributed by atoms with Crippen LogP contribution in [-0.4, -0.2) is 36.5 Å². The molecule has 1 fully saturated rings. The smallest absolute Gasteiger partial charge is 0.243 e. The van der Waals surface area contributed by atoms with Crippen molar-refractivity contribution in [1.82, 2.24) is 4.31 Å². The van der Waals surface area contributed by atoms with E-state index >= 15 is 0 Å². The summed E-state index contributed by atoms with van der Waals surface area (Å²) in [6.45, 7) is 3.75. The molecule has 1 heterocycles. The molecule has 1 N–H and O–H groups in total. The number of nitrogens with zero attached hydrogens (tertiary/aromatic N) is 2. The molecular weight excluding hydrogens is 288 g/mol. The molecule has 1 aliphatic heterocycles. The summed E-state index contributed by atoms with van der Waals surface area (Å²) in [6, 6.07) is 6.20. The normalized spacial score (nSPS) is 21.7. The van der Waals surface area contributed by atoms with Crippen LogP contribution in [0.15, 0.2) is 23.1 Å². The number of aryl methyl sites for hydroxylation is 1. The van der Waals surface area contributed by atoms with Gasteiger partial charge in [0.25, 0.3) is 0 Å². The highest BCUT2D eigenvalue weighted by Gasteiger charge is 2.36. The van der Waals surface area contributed by atoms with Crippen LogP contribution in [0.4, 0.5) is 0 Å². The average Bonchev–Trinajstić information content (AvgIpc) is 2.46. The van der Waals surface area contributed by atoms with Crippen LogP contribution in [-0.2, 0) is 10.0 Å². The number of benzene rings is 1. The van der Waals surface area contributed by atoms with Crippen molar-refractivity contribution in [2.75, 3.05) is 6.54 Å². The molecule has 0 aliphatic carbocycles. The average molecular weight is 308 g/mol. The van der Waals surface area contributed by atoms with Gasteiger partial charge in [-0.2, -0.15) is 9.57 Å². The van der Waals surface area contributed by atoms with Gasteiger partial charge in [-0.25, -0.2) is 8.42 Å². The summed E-state index contributed by atoms with van der Waals surface area (Å²) in [5.41, 5.74) is 1.00. The first-order valence-electron chi connectivity index (χ1n) is 7.08. The van der Waals surface area contributed by atoms with Crippen LogP contribution >= 0.6 is 0 Å². The van der Waals surface area contributed by atoms with Crippen LogP contribution in [0.5, 0.6) is 0 Å². The Morgan fingerprint density at radius 1 is 1.43 bits per heavy atom. The van der Waals surface area contributed by atoms with E-state index < -0.39 is 16.1 Å². The molecule has 2 atom stereocenters. The number of hydrogen-bond acceptors (Lipinski definition) is 4. The van der Waals surface area contributed by atoms with E-state index in [1.807, 2.05) is 6.07 Å². The molecule has 1 aromatic carbocycles. The fourth-order valence-electron chi connectivity index (χ4n) is 2.85. The molecule has 1 aromatic rings. The zero-order chi connectivity index (χ0) is 15.6. The molecule has 2 rings (SSSR count). The molecular formula is C15H20N2O3S. The summed E-state index contributed by atoms with van der Waals surface area (Å²) in [5, 5.41) is 18.7. The third-order valence-corrected chi connectivity index (χ3v) is 6.03. The molecule has 1 aliphatic rings. The van der Waals surface area contributed by atoms with Crippen molar-refractivity contribution in [1.29, 1.82) is 5.26 Å². The molecule has 21 heavy (non-hydrogen) atoms. The molecule has 0 aromatic heterocycles. The van der Waals surface area contributed by atoms with Gasteiger partial charge in [0.05, 0.1) is 28.7 Å². The largest absolute Gasteiger partial charge is 0.392 e. The van der Waals surface area contributed by atoms with Gasteiger partial charge in [-0.3, -0.25) is 0 Å². The third-order valence-electron chi connectivity index (χ3n) is 3.95. The monoisotopic (exact) mass is 308 g/mol. The van der Waals surface area contributed by atoms with E-state index in [0.717, 1.165) is 12.8 Å². The Kier molecular flexibility index (Phi) is 4.67.